The SMILES string of the molecule is COc1ccccc1NC(=O)[C@@H](C)N[C@@H](C)c1cccc2ccccc12. The predicted molar refractivity (Wildman–Crippen MR) is 107 cm³/mol. The first kappa shape index (κ1) is 18.0. The molecule has 0 saturated heterocycles. The van der Waals surface area contributed by atoms with Gasteiger partial charge in [-0.25, -0.2) is 0 Å². The largest absolute Gasteiger partial charge is 0.495 e. The summed E-state index contributed by atoms with van der Waals surface area (Å²) in [5, 5.41) is 8.72. The second kappa shape index (κ2) is 8.02. The van der Waals surface area contributed by atoms with Crippen LogP contribution in [0.2, 0.25) is 0 Å². The fourth-order valence-electron chi connectivity index (χ4n) is 3.16. The van der Waals surface area contributed by atoms with Gasteiger partial charge in [0.1, 0.15) is 5.75 Å². The van der Waals surface area contributed by atoms with E-state index in [4.69, 9.17) is 4.74 Å². The Morgan fingerprint density at radius 2 is 1.62 bits per heavy atom. The lowest BCUT2D eigenvalue weighted by Crippen LogP contribution is -2.39. The van der Waals surface area contributed by atoms with Crippen molar-refractivity contribution in [2.24, 2.45) is 0 Å². The Morgan fingerprint density at radius 3 is 2.42 bits per heavy atom. The van der Waals surface area contributed by atoms with Gasteiger partial charge in [-0.15, -0.1) is 0 Å². The highest BCUT2D eigenvalue weighted by molar-refractivity contribution is 5.96. The molecule has 0 radical (unpaired) electrons. The number of carbonyl (C=O) groups excluding carboxylic acids is 1. The predicted octanol–water partition coefficient (Wildman–Crippen LogP) is 4.53. The molecule has 4 nitrogen and oxygen atoms in total. The van der Waals surface area contributed by atoms with Crippen LogP contribution in [0.5, 0.6) is 5.75 Å². The van der Waals surface area contributed by atoms with E-state index in [0.29, 0.717) is 11.4 Å². The third kappa shape index (κ3) is 3.86. The van der Waals surface area contributed by atoms with Crippen LogP contribution in [0.4, 0.5) is 5.69 Å². The molecule has 0 aromatic heterocycles. The molecule has 2 atom stereocenters. The van der Waals surface area contributed by atoms with Gasteiger partial charge in [-0.05, 0) is 42.3 Å². The fraction of sp³-hybridized carbons (Fsp3) is 0.227. The molecule has 0 heterocycles. The molecule has 3 aromatic rings. The maximum atomic E-state index is 12.6. The Hall–Kier alpha value is -2.85. The van der Waals surface area contributed by atoms with Gasteiger partial charge in [-0.1, -0.05) is 54.6 Å². The zero-order valence-corrected chi connectivity index (χ0v) is 15.3. The summed E-state index contributed by atoms with van der Waals surface area (Å²) < 4.78 is 5.29. The summed E-state index contributed by atoms with van der Waals surface area (Å²) in [6.45, 7) is 3.95. The van der Waals surface area contributed by atoms with E-state index < -0.39 is 0 Å². The Kier molecular flexibility index (Phi) is 5.54. The second-order valence-corrected chi connectivity index (χ2v) is 6.37. The molecule has 0 unspecified atom stereocenters. The molecule has 0 aliphatic heterocycles. The number of para-hydroxylation sites is 2. The molecule has 0 aliphatic carbocycles. The molecule has 3 rings (SSSR count). The average molecular weight is 348 g/mol. The van der Waals surface area contributed by atoms with Gasteiger partial charge in [0.2, 0.25) is 5.91 Å². The molecule has 0 saturated carbocycles. The molecule has 0 bridgehead atoms. The van der Waals surface area contributed by atoms with E-state index in [1.807, 2.05) is 43.3 Å². The van der Waals surface area contributed by atoms with Gasteiger partial charge < -0.3 is 10.1 Å². The number of hydrogen-bond acceptors (Lipinski definition) is 3. The summed E-state index contributed by atoms with van der Waals surface area (Å²) >= 11 is 0. The molecule has 26 heavy (non-hydrogen) atoms. The monoisotopic (exact) mass is 348 g/mol. The molecule has 4 heteroatoms. The Bertz CT molecular complexity index is 902. The number of rotatable bonds is 6. The van der Waals surface area contributed by atoms with Crippen LogP contribution in [-0.2, 0) is 4.79 Å². The zero-order chi connectivity index (χ0) is 18.5. The number of nitrogens with one attached hydrogen (secondary N) is 2. The van der Waals surface area contributed by atoms with Crippen LogP contribution in [0.15, 0.2) is 66.7 Å². The van der Waals surface area contributed by atoms with Gasteiger partial charge in [-0.2, -0.15) is 0 Å². The van der Waals surface area contributed by atoms with E-state index >= 15 is 0 Å². The van der Waals surface area contributed by atoms with Crippen molar-refractivity contribution in [1.29, 1.82) is 0 Å². The summed E-state index contributed by atoms with van der Waals surface area (Å²) in [4.78, 5) is 12.6. The minimum atomic E-state index is -0.353. The van der Waals surface area contributed by atoms with Crippen LogP contribution < -0.4 is 15.4 Å². The molecule has 134 valence electrons. The van der Waals surface area contributed by atoms with Crippen molar-refractivity contribution in [2.45, 2.75) is 25.9 Å². The molecular formula is C22H24N2O2. The van der Waals surface area contributed by atoms with Crippen molar-refractivity contribution in [1.82, 2.24) is 5.32 Å². The quantitative estimate of drug-likeness (QED) is 0.688. The smallest absolute Gasteiger partial charge is 0.241 e. The Labute approximate surface area is 154 Å². The van der Waals surface area contributed by atoms with Crippen LogP contribution in [-0.4, -0.2) is 19.1 Å². The number of anilines is 1. The van der Waals surface area contributed by atoms with E-state index in [9.17, 15) is 4.79 Å². The number of carbonyl (C=O) groups is 1. The molecule has 0 aliphatic rings. The first-order valence-corrected chi connectivity index (χ1v) is 8.77. The number of fused-ring (bicyclic) bond motifs is 1. The van der Waals surface area contributed by atoms with E-state index in [1.54, 1.807) is 7.11 Å². The highest BCUT2D eigenvalue weighted by Crippen LogP contribution is 2.25. The molecule has 1 amide bonds. The van der Waals surface area contributed by atoms with Gasteiger partial charge >= 0.3 is 0 Å². The number of ether oxygens (including phenoxy) is 1. The first-order chi connectivity index (χ1) is 12.6. The van der Waals surface area contributed by atoms with Crippen molar-refractivity contribution < 1.29 is 9.53 Å². The fourth-order valence-corrected chi connectivity index (χ4v) is 3.16. The third-order valence-corrected chi connectivity index (χ3v) is 4.55. The lowest BCUT2D eigenvalue weighted by atomic mass is 9.99. The lowest BCUT2D eigenvalue weighted by Gasteiger charge is -2.21. The minimum Gasteiger partial charge on any atom is -0.495 e. The zero-order valence-electron chi connectivity index (χ0n) is 15.3. The number of methoxy groups -OCH3 is 1. The average Bonchev–Trinajstić information content (AvgIpc) is 2.67. The standard InChI is InChI=1S/C22H24N2O2/c1-15(18-12-8-10-17-9-4-5-11-19(17)18)23-16(2)22(25)24-20-13-6-7-14-21(20)26-3/h4-16,23H,1-3H3,(H,24,25)/t15-,16+/m0/s1. The van der Waals surface area contributed by atoms with E-state index in [2.05, 4.69) is 47.9 Å². The molecule has 0 spiro atoms. The maximum absolute atomic E-state index is 12.6. The molecule has 0 fully saturated rings. The van der Waals surface area contributed by atoms with E-state index in [0.717, 1.165) is 0 Å². The maximum Gasteiger partial charge on any atom is 0.241 e. The Balaban J connectivity index is 1.72. The summed E-state index contributed by atoms with van der Waals surface area (Å²) in [5.41, 5.74) is 1.85. The summed E-state index contributed by atoms with van der Waals surface area (Å²) in [6, 6.07) is 21.6. The summed E-state index contributed by atoms with van der Waals surface area (Å²) in [7, 11) is 1.59. The molecule has 2 N–H and O–H groups in total. The van der Waals surface area contributed by atoms with Gasteiger partial charge in [0, 0.05) is 6.04 Å². The van der Waals surface area contributed by atoms with Gasteiger partial charge in [0.15, 0.2) is 0 Å². The van der Waals surface area contributed by atoms with Crippen molar-refractivity contribution >= 4 is 22.4 Å². The second-order valence-electron chi connectivity index (χ2n) is 6.37. The Morgan fingerprint density at radius 1 is 0.923 bits per heavy atom. The van der Waals surface area contributed by atoms with E-state index in [1.165, 1.54) is 16.3 Å². The van der Waals surface area contributed by atoms with Crippen molar-refractivity contribution in [3.8, 4) is 5.75 Å². The van der Waals surface area contributed by atoms with Crippen molar-refractivity contribution in [2.75, 3.05) is 12.4 Å². The third-order valence-electron chi connectivity index (χ3n) is 4.55. The van der Waals surface area contributed by atoms with Crippen molar-refractivity contribution in [3.05, 3.63) is 72.3 Å². The number of amides is 1. The van der Waals surface area contributed by atoms with Crippen LogP contribution in [0.1, 0.15) is 25.5 Å². The van der Waals surface area contributed by atoms with E-state index in [-0.39, 0.29) is 18.0 Å². The van der Waals surface area contributed by atoms with Crippen molar-refractivity contribution in [3.63, 3.8) is 0 Å². The molecule has 3 aromatic carbocycles. The topological polar surface area (TPSA) is 50.4 Å². The summed E-state index contributed by atoms with van der Waals surface area (Å²) in [5.74, 6) is 0.553. The van der Waals surface area contributed by atoms with Crippen LogP contribution in [0.3, 0.4) is 0 Å². The lowest BCUT2D eigenvalue weighted by molar-refractivity contribution is -0.117. The van der Waals surface area contributed by atoms with Crippen LogP contribution in [0.25, 0.3) is 10.8 Å². The first-order valence-electron chi connectivity index (χ1n) is 8.77. The van der Waals surface area contributed by atoms with Crippen LogP contribution >= 0.6 is 0 Å². The molecular weight excluding hydrogens is 324 g/mol. The number of hydrogen-bond donors (Lipinski definition) is 2. The van der Waals surface area contributed by atoms with Gasteiger partial charge in [-0.3, -0.25) is 10.1 Å². The van der Waals surface area contributed by atoms with Gasteiger partial charge in [0.25, 0.3) is 0 Å². The normalized spacial score (nSPS) is 13.2. The van der Waals surface area contributed by atoms with Gasteiger partial charge in [0.05, 0.1) is 18.8 Å². The highest BCUT2D eigenvalue weighted by Gasteiger charge is 2.18. The minimum absolute atomic E-state index is 0.0412. The summed E-state index contributed by atoms with van der Waals surface area (Å²) in [6.07, 6.45) is 0. The number of benzene rings is 3. The van der Waals surface area contributed by atoms with Crippen LogP contribution in [0, 0.1) is 0 Å². The highest BCUT2D eigenvalue weighted by atomic mass is 16.5.